The maximum Gasteiger partial charge on any atom is 0.358 e. The largest absolute Gasteiger partial charge is 0.476 e. The lowest BCUT2D eigenvalue weighted by molar-refractivity contribution is 0.0681. The van der Waals surface area contributed by atoms with Crippen molar-refractivity contribution in [2.24, 2.45) is 0 Å². The van der Waals surface area contributed by atoms with Gasteiger partial charge in [-0.15, -0.1) is 0 Å². The van der Waals surface area contributed by atoms with E-state index in [2.05, 4.69) is 5.10 Å². The van der Waals surface area contributed by atoms with Crippen molar-refractivity contribution in [1.82, 2.24) is 9.78 Å². The van der Waals surface area contributed by atoms with Crippen LogP contribution in [0.4, 0.5) is 0 Å². The van der Waals surface area contributed by atoms with Gasteiger partial charge in [-0.3, -0.25) is 4.68 Å². The average Bonchev–Trinajstić information content (AvgIpc) is 2.92. The highest BCUT2D eigenvalue weighted by Gasteiger charge is 2.20. The van der Waals surface area contributed by atoms with Crippen LogP contribution in [0.2, 0.25) is 0 Å². The molecule has 0 amide bonds. The number of hydrogen-bond acceptors (Lipinski definition) is 3. The molecule has 110 valence electrons. The summed E-state index contributed by atoms with van der Waals surface area (Å²) in [5.41, 5.74) is 1.01. The van der Waals surface area contributed by atoms with Gasteiger partial charge in [0.05, 0.1) is 12.7 Å². The van der Waals surface area contributed by atoms with Gasteiger partial charge >= 0.3 is 5.97 Å². The molecule has 0 aliphatic carbocycles. The molecule has 0 unspecified atom stereocenters. The maximum atomic E-state index is 11.5. The van der Waals surface area contributed by atoms with Gasteiger partial charge in [0.25, 0.3) is 0 Å². The number of carboxylic acids is 1. The second-order valence-electron chi connectivity index (χ2n) is 4.72. The van der Waals surface area contributed by atoms with Crippen molar-refractivity contribution in [1.29, 1.82) is 0 Å². The summed E-state index contributed by atoms with van der Waals surface area (Å²) in [6.45, 7) is 0.376. The summed E-state index contributed by atoms with van der Waals surface area (Å²) >= 11 is 0. The molecule has 3 aromatic rings. The molecule has 1 heterocycles. The van der Waals surface area contributed by atoms with Crippen LogP contribution < -0.4 is 4.74 Å². The standard InChI is InChI=1S/C17H14N2O3/c20-17(21)16-15(22-14-9-5-2-6-10-14)11-18-19(16)12-13-7-3-1-4-8-13/h1-11H,12H2,(H,20,21). The molecule has 5 nitrogen and oxygen atoms in total. The fraction of sp³-hybridized carbons (Fsp3) is 0.0588. The molecular formula is C17H14N2O3. The quantitative estimate of drug-likeness (QED) is 0.783. The summed E-state index contributed by atoms with van der Waals surface area (Å²) in [6, 6.07) is 18.6. The van der Waals surface area contributed by atoms with Gasteiger partial charge in [0.2, 0.25) is 0 Å². The van der Waals surface area contributed by atoms with Crippen LogP contribution in [0.5, 0.6) is 11.5 Å². The van der Waals surface area contributed by atoms with E-state index in [4.69, 9.17) is 4.74 Å². The third-order valence-corrected chi connectivity index (χ3v) is 3.15. The Hall–Kier alpha value is -3.08. The summed E-state index contributed by atoms with van der Waals surface area (Å²) in [6.07, 6.45) is 1.43. The van der Waals surface area contributed by atoms with Crippen LogP contribution in [-0.2, 0) is 6.54 Å². The van der Waals surface area contributed by atoms with Gasteiger partial charge in [-0.05, 0) is 17.7 Å². The number of aromatic carboxylic acids is 1. The van der Waals surface area contributed by atoms with Crippen LogP contribution in [-0.4, -0.2) is 20.9 Å². The highest BCUT2D eigenvalue weighted by atomic mass is 16.5. The number of carbonyl (C=O) groups is 1. The van der Waals surface area contributed by atoms with Crippen molar-refractivity contribution in [2.45, 2.75) is 6.54 Å². The first-order valence-electron chi connectivity index (χ1n) is 6.80. The zero-order valence-electron chi connectivity index (χ0n) is 11.7. The predicted molar refractivity (Wildman–Crippen MR) is 81.2 cm³/mol. The molecule has 0 radical (unpaired) electrons. The molecule has 22 heavy (non-hydrogen) atoms. The molecule has 2 aromatic carbocycles. The van der Waals surface area contributed by atoms with Crippen molar-refractivity contribution in [3.05, 3.63) is 78.1 Å². The number of ether oxygens (including phenoxy) is 1. The first-order valence-corrected chi connectivity index (χ1v) is 6.80. The topological polar surface area (TPSA) is 64.3 Å². The second-order valence-corrected chi connectivity index (χ2v) is 4.72. The van der Waals surface area contributed by atoms with Crippen molar-refractivity contribution in [3.8, 4) is 11.5 Å². The Morgan fingerprint density at radius 1 is 1.05 bits per heavy atom. The van der Waals surface area contributed by atoms with Crippen LogP contribution in [0, 0.1) is 0 Å². The summed E-state index contributed by atoms with van der Waals surface area (Å²) < 4.78 is 7.05. The third-order valence-electron chi connectivity index (χ3n) is 3.15. The molecule has 0 spiro atoms. The number of nitrogens with zero attached hydrogens (tertiary/aromatic N) is 2. The maximum absolute atomic E-state index is 11.5. The minimum atomic E-state index is -1.07. The molecule has 0 fully saturated rings. The van der Waals surface area contributed by atoms with Crippen LogP contribution in [0.3, 0.4) is 0 Å². The Kier molecular flexibility index (Phi) is 3.87. The highest BCUT2D eigenvalue weighted by Crippen LogP contribution is 2.25. The lowest BCUT2D eigenvalue weighted by atomic mass is 10.2. The third kappa shape index (κ3) is 2.98. The molecule has 0 saturated heterocycles. The average molecular weight is 294 g/mol. The predicted octanol–water partition coefficient (Wildman–Crippen LogP) is 3.42. The zero-order chi connectivity index (χ0) is 15.4. The monoisotopic (exact) mass is 294 g/mol. The Morgan fingerprint density at radius 3 is 2.32 bits per heavy atom. The molecular weight excluding hydrogens is 280 g/mol. The van der Waals surface area contributed by atoms with Gasteiger partial charge in [0.15, 0.2) is 11.4 Å². The highest BCUT2D eigenvalue weighted by molar-refractivity contribution is 5.89. The van der Waals surface area contributed by atoms with E-state index in [9.17, 15) is 9.90 Å². The summed E-state index contributed by atoms with van der Waals surface area (Å²) in [5.74, 6) is -0.266. The molecule has 5 heteroatoms. The van der Waals surface area contributed by atoms with Crippen molar-refractivity contribution >= 4 is 5.97 Å². The lowest BCUT2D eigenvalue weighted by Gasteiger charge is -2.07. The normalized spacial score (nSPS) is 10.4. The minimum absolute atomic E-state index is 0.0349. The van der Waals surface area contributed by atoms with Gasteiger partial charge < -0.3 is 9.84 Å². The van der Waals surface area contributed by atoms with Crippen LogP contribution in [0.15, 0.2) is 66.9 Å². The van der Waals surface area contributed by atoms with Gasteiger partial charge in [-0.25, -0.2) is 4.79 Å². The minimum Gasteiger partial charge on any atom is -0.476 e. The summed E-state index contributed by atoms with van der Waals surface area (Å²) in [7, 11) is 0. The molecule has 0 aliphatic heterocycles. The molecule has 0 aliphatic rings. The molecule has 1 aromatic heterocycles. The summed E-state index contributed by atoms with van der Waals surface area (Å²) in [4.78, 5) is 11.5. The molecule has 3 rings (SSSR count). The SMILES string of the molecule is O=C(O)c1c(Oc2ccccc2)cnn1Cc1ccccc1. The van der Waals surface area contributed by atoms with E-state index in [0.717, 1.165) is 5.56 Å². The number of hydrogen-bond donors (Lipinski definition) is 1. The fourth-order valence-corrected chi connectivity index (χ4v) is 2.15. The van der Waals surface area contributed by atoms with E-state index in [-0.39, 0.29) is 11.4 Å². The lowest BCUT2D eigenvalue weighted by Crippen LogP contribution is -2.11. The van der Waals surface area contributed by atoms with E-state index in [1.807, 2.05) is 48.5 Å². The van der Waals surface area contributed by atoms with Crippen LogP contribution in [0.1, 0.15) is 16.1 Å². The molecule has 0 bridgehead atoms. The molecule has 1 N–H and O–H groups in total. The smallest absolute Gasteiger partial charge is 0.358 e. The summed E-state index contributed by atoms with van der Waals surface area (Å²) in [5, 5.41) is 13.6. The van der Waals surface area contributed by atoms with E-state index in [1.54, 1.807) is 12.1 Å². The first-order chi connectivity index (χ1) is 10.7. The molecule has 0 saturated carbocycles. The van der Waals surface area contributed by atoms with E-state index in [1.165, 1.54) is 10.9 Å². The number of para-hydroxylation sites is 1. The van der Waals surface area contributed by atoms with Gasteiger partial charge in [0.1, 0.15) is 5.75 Å². The Bertz CT molecular complexity index is 708. The van der Waals surface area contributed by atoms with Crippen molar-refractivity contribution in [3.63, 3.8) is 0 Å². The van der Waals surface area contributed by atoms with Gasteiger partial charge in [-0.1, -0.05) is 48.5 Å². The first kappa shape index (κ1) is 13.9. The van der Waals surface area contributed by atoms with Crippen molar-refractivity contribution in [2.75, 3.05) is 0 Å². The van der Waals surface area contributed by atoms with Gasteiger partial charge in [0, 0.05) is 0 Å². The Balaban J connectivity index is 1.90. The Labute approximate surface area is 127 Å². The number of aromatic nitrogens is 2. The fourth-order valence-electron chi connectivity index (χ4n) is 2.15. The Morgan fingerprint density at radius 2 is 1.68 bits per heavy atom. The van der Waals surface area contributed by atoms with E-state index < -0.39 is 5.97 Å². The number of benzene rings is 2. The molecule has 0 atom stereocenters. The van der Waals surface area contributed by atoms with Crippen LogP contribution in [0.25, 0.3) is 0 Å². The second kappa shape index (κ2) is 6.13. The van der Waals surface area contributed by atoms with E-state index in [0.29, 0.717) is 12.3 Å². The zero-order valence-corrected chi connectivity index (χ0v) is 11.7. The van der Waals surface area contributed by atoms with E-state index >= 15 is 0 Å². The number of rotatable bonds is 5. The van der Waals surface area contributed by atoms with Crippen molar-refractivity contribution < 1.29 is 14.6 Å². The van der Waals surface area contributed by atoms with Gasteiger partial charge in [-0.2, -0.15) is 5.10 Å². The van der Waals surface area contributed by atoms with Crippen LogP contribution >= 0.6 is 0 Å². The number of carboxylic acid groups (broad SMARTS) is 1.